The number of hydrogen-bond acceptors (Lipinski definition) is 4. The predicted molar refractivity (Wildman–Crippen MR) is 137 cm³/mol. The number of nitrogens with zero attached hydrogens (tertiary/aromatic N) is 3. The summed E-state index contributed by atoms with van der Waals surface area (Å²) in [5.74, 6) is -0.327. The van der Waals surface area contributed by atoms with Gasteiger partial charge in [-0.25, -0.2) is 18.0 Å². The van der Waals surface area contributed by atoms with Crippen molar-refractivity contribution in [1.29, 1.82) is 4.78 Å². The van der Waals surface area contributed by atoms with Crippen LogP contribution in [0.5, 0.6) is 5.75 Å². The first-order valence-corrected chi connectivity index (χ1v) is 12.6. The van der Waals surface area contributed by atoms with E-state index in [1.165, 1.54) is 43.6 Å². The first-order chi connectivity index (χ1) is 16.7. The van der Waals surface area contributed by atoms with Crippen molar-refractivity contribution in [3.05, 3.63) is 95.1 Å². The van der Waals surface area contributed by atoms with Crippen LogP contribution in [0.1, 0.15) is 16.7 Å². The van der Waals surface area contributed by atoms with E-state index in [4.69, 9.17) is 9.52 Å². The van der Waals surface area contributed by atoms with Crippen molar-refractivity contribution in [2.45, 2.75) is 12.4 Å². The average Bonchev–Trinajstić information content (AvgIpc) is 2.80. The summed E-state index contributed by atoms with van der Waals surface area (Å²) < 4.78 is 52.7. The van der Waals surface area contributed by atoms with Crippen LogP contribution in [0.25, 0.3) is 0 Å². The number of rotatable bonds is 7. The second-order valence-corrected chi connectivity index (χ2v) is 9.97. The molecule has 0 spiro atoms. The minimum Gasteiger partial charge on any atom is -0.488 e. The maximum Gasteiger partial charge on any atom is 0.224 e. The van der Waals surface area contributed by atoms with Crippen molar-refractivity contribution >= 4 is 33.9 Å². The monoisotopic (exact) mass is 497 g/mol. The molecule has 3 rings (SSSR count). The number of anilines is 1. The fourth-order valence-electron chi connectivity index (χ4n) is 3.19. The number of benzene rings is 3. The zero-order valence-corrected chi connectivity index (χ0v) is 20.1. The third kappa shape index (κ3) is 7.82. The molecule has 0 aliphatic rings. The van der Waals surface area contributed by atoms with Gasteiger partial charge in [0.25, 0.3) is 0 Å². The maximum absolute atomic E-state index is 14.0. The Bertz CT molecular complexity index is 1390. The van der Waals surface area contributed by atoms with Gasteiger partial charge in [-0.1, -0.05) is 24.3 Å². The molecule has 0 saturated carbocycles. The molecule has 0 aliphatic carbocycles. The van der Waals surface area contributed by atoms with E-state index in [-0.39, 0.29) is 29.9 Å². The predicted octanol–water partition coefficient (Wildman–Crippen LogP) is 5.27. The summed E-state index contributed by atoms with van der Waals surface area (Å²) in [5, 5.41) is 3.05. The molecule has 0 radical (unpaired) electrons. The lowest BCUT2D eigenvalue weighted by Gasteiger charge is -2.13. The highest BCUT2D eigenvalue weighted by atomic mass is 32.2. The van der Waals surface area contributed by atoms with Gasteiger partial charge < -0.3 is 10.1 Å². The Balaban J connectivity index is 1.86. The third-order valence-corrected chi connectivity index (χ3v) is 5.55. The molecule has 0 bridgehead atoms. The van der Waals surface area contributed by atoms with E-state index in [2.05, 4.69) is 27.0 Å². The molecular formula is C25H25F2N5O2S. The molecule has 1 unspecified atom stereocenters. The maximum atomic E-state index is 14.0. The Morgan fingerprint density at radius 3 is 2.46 bits per heavy atom. The molecule has 0 aliphatic heterocycles. The summed E-state index contributed by atoms with van der Waals surface area (Å²) in [6.07, 6.45) is 1.38. The molecule has 0 aromatic heterocycles. The van der Waals surface area contributed by atoms with Gasteiger partial charge in [0, 0.05) is 34.8 Å². The van der Waals surface area contributed by atoms with E-state index in [0.29, 0.717) is 16.8 Å². The number of ether oxygens (including phenoxy) is 1. The van der Waals surface area contributed by atoms with Crippen LogP contribution in [0.3, 0.4) is 0 Å². The van der Waals surface area contributed by atoms with Gasteiger partial charge >= 0.3 is 0 Å². The van der Waals surface area contributed by atoms with E-state index in [9.17, 15) is 13.0 Å². The summed E-state index contributed by atoms with van der Waals surface area (Å²) >= 11 is 0. The molecule has 3 aromatic carbocycles. The van der Waals surface area contributed by atoms with Crippen LogP contribution in [-0.4, -0.2) is 36.0 Å². The normalized spacial score (nSPS) is 13.7. The Kier molecular flexibility index (Phi) is 8.43. The van der Waals surface area contributed by atoms with Gasteiger partial charge in [0.1, 0.15) is 24.0 Å². The third-order valence-electron chi connectivity index (χ3n) is 4.67. The lowest BCUT2D eigenvalue weighted by Crippen LogP contribution is -2.13. The molecule has 1 atom stereocenters. The topological polar surface area (TPSA) is 99.3 Å². The molecule has 0 saturated heterocycles. The zero-order valence-electron chi connectivity index (χ0n) is 19.3. The van der Waals surface area contributed by atoms with E-state index >= 15 is 0 Å². The highest BCUT2D eigenvalue weighted by Gasteiger charge is 2.13. The number of nitrogens with one attached hydrogen (secondary N) is 2. The van der Waals surface area contributed by atoms with E-state index in [1.54, 1.807) is 36.4 Å². The summed E-state index contributed by atoms with van der Waals surface area (Å²) in [6, 6.07) is 16.9. The number of aliphatic imine (C=N–C) groups is 3. The number of amidine groups is 1. The highest BCUT2D eigenvalue weighted by molar-refractivity contribution is 7.90. The van der Waals surface area contributed by atoms with Crippen LogP contribution in [0, 0.1) is 16.4 Å². The second kappa shape index (κ2) is 11.5. The van der Waals surface area contributed by atoms with E-state index in [0.717, 1.165) is 5.56 Å². The number of guanidine groups is 1. The molecule has 0 fully saturated rings. The van der Waals surface area contributed by atoms with Crippen molar-refractivity contribution < 1.29 is 17.7 Å². The number of halogens is 2. The fraction of sp³-hybridized carbons (Fsp3) is 0.160. The Hall–Kier alpha value is -3.92. The van der Waals surface area contributed by atoms with Crippen molar-refractivity contribution in [3.8, 4) is 5.75 Å². The largest absolute Gasteiger partial charge is 0.488 e. The SMILES string of the molecule is C=NC(=NC(=NC)Nc1cccc(CS(C)(=N)=O)c1)c1ccc(F)cc1OCc1cccc(F)c1. The molecule has 7 nitrogen and oxygen atoms in total. The Labute approximate surface area is 203 Å². The van der Waals surface area contributed by atoms with Crippen molar-refractivity contribution in [1.82, 2.24) is 0 Å². The van der Waals surface area contributed by atoms with Crippen LogP contribution in [0.15, 0.2) is 81.7 Å². The molecule has 35 heavy (non-hydrogen) atoms. The van der Waals surface area contributed by atoms with Crippen LogP contribution < -0.4 is 10.1 Å². The van der Waals surface area contributed by atoms with Gasteiger partial charge in [-0.05, 0) is 54.2 Å². The molecule has 182 valence electrons. The van der Waals surface area contributed by atoms with E-state index < -0.39 is 21.4 Å². The minimum atomic E-state index is -2.70. The lowest BCUT2D eigenvalue weighted by atomic mass is 10.1. The second-order valence-electron chi connectivity index (χ2n) is 7.67. The van der Waals surface area contributed by atoms with Crippen LogP contribution >= 0.6 is 0 Å². The smallest absolute Gasteiger partial charge is 0.224 e. The molecule has 0 amide bonds. The summed E-state index contributed by atoms with van der Waals surface area (Å²) in [5.41, 5.74) is 2.30. The molecule has 3 aromatic rings. The molecule has 2 N–H and O–H groups in total. The minimum absolute atomic E-state index is 0.00895. The standard InChI is InChI=1S/C25H25F2N5O2S/c1-29-24(32-25(30-2)31-21-9-5-7-18(13-21)16-35(3,28)33)22-11-10-20(27)14-23(22)34-15-17-6-4-8-19(26)12-17/h4-14,28H,1,15-16H2,2-3H3,(H,30,31). The van der Waals surface area contributed by atoms with Gasteiger partial charge in [0.2, 0.25) is 5.96 Å². The van der Waals surface area contributed by atoms with Crippen molar-refractivity contribution in [2.75, 3.05) is 18.6 Å². The van der Waals surface area contributed by atoms with Gasteiger partial charge in [0.15, 0.2) is 5.84 Å². The average molecular weight is 498 g/mol. The van der Waals surface area contributed by atoms with Gasteiger partial charge in [-0.3, -0.25) is 9.77 Å². The van der Waals surface area contributed by atoms with Crippen LogP contribution in [-0.2, 0) is 22.1 Å². The molecule has 10 heteroatoms. The van der Waals surface area contributed by atoms with Gasteiger partial charge in [-0.15, -0.1) is 0 Å². The van der Waals surface area contributed by atoms with Gasteiger partial charge in [-0.2, -0.15) is 4.99 Å². The van der Waals surface area contributed by atoms with Crippen LogP contribution in [0.4, 0.5) is 14.5 Å². The van der Waals surface area contributed by atoms with E-state index in [1.807, 2.05) is 0 Å². The summed E-state index contributed by atoms with van der Waals surface area (Å²) in [7, 11) is -1.16. The first-order valence-electron chi connectivity index (χ1n) is 10.4. The lowest BCUT2D eigenvalue weighted by molar-refractivity contribution is 0.303. The summed E-state index contributed by atoms with van der Waals surface area (Å²) in [6.45, 7) is 3.57. The van der Waals surface area contributed by atoms with Crippen molar-refractivity contribution in [3.63, 3.8) is 0 Å². The molecule has 0 heterocycles. The fourth-order valence-corrected chi connectivity index (χ4v) is 4.00. The number of hydrogen-bond donors (Lipinski definition) is 2. The van der Waals surface area contributed by atoms with Gasteiger partial charge in [0.05, 0.1) is 11.3 Å². The van der Waals surface area contributed by atoms with Crippen LogP contribution in [0.2, 0.25) is 0 Å². The Morgan fingerprint density at radius 1 is 1.06 bits per heavy atom. The quantitative estimate of drug-likeness (QED) is 0.344. The first kappa shape index (κ1) is 25.7. The highest BCUT2D eigenvalue weighted by Crippen LogP contribution is 2.23. The Morgan fingerprint density at radius 2 is 1.77 bits per heavy atom. The summed E-state index contributed by atoms with van der Waals surface area (Å²) in [4.78, 5) is 12.5. The zero-order chi connectivity index (χ0) is 25.4. The molecular weight excluding hydrogens is 472 g/mol. The van der Waals surface area contributed by atoms with Crippen molar-refractivity contribution in [2.24, 2.45) is 15.0 Å².